The Hall–Kier alpha value is -0.220. The van der Waals surface area contributed by atoms with E-state index in [-0.39, 0.29) is 5.91 Å². The maximum atomic E-state index is 11.9. The molecule has 0 radical (unpaired) electrons. The first-order valence-electron chi connectivity index (χ1n) is 7.12. The number of rotatable bonds is 7. The van der Waals surface area contributed by atoms with Crippen LogP contribution in [0.1, 0.15) is 39.5 Å². The molecular weight excluding hydrogens is 244 g/mol. The molecule has 1 rings (SSSR count). The molecule has 3 unspecified atom stereocenters. The number of hydrogen-bond donors (Lipinski definition) is 2. The lowest BCUT2D eigenvalue weighted by atomic mass is 9.85. The van der Waals surface area contributed by atoms with Crippen molar-refractivity contribution >= 4 is 17.7 Å². The van der Waals surface area contributed by atoms with E-state index in [4.69, 9.17) is 0 Å². The van der Waals surface area contributed by atoms with Crippen molar-refractivity contribution in [2.75, 3.05) is 25.1 Å². The number of thioether (sulfide) groups is 1. The van der Waals surface area contributed by atoms with E-state index >= 15 is 0 Å². The second-order valence-corrected chi connectivity index (χ2v) is 6.52. The Morgan fingerprint density at radius 3 is 2.89 bits per heavy atom. The molecule has 2 N–H and O–H groups in total. The molecule has 1 amide bonds. The van der Waals surface area contributed by atoms with Gasteiger partial charge in [0.2, 0.25) is 5.91 Å². The van der Waals surface area contributed by atoms with Crippen molar-refractivity contribution in [1.82, 2.24) is 10.6 Å². The fourth-order valence-corrected chi connectivity index (χ4v) is 3.11. The van der Waals surface area contributed by atoms with Gasteiger partial charge in [0, 0.05) is 12.5 Å². The lowest BCUT2D eigenvalue weighted by Crippen LogP contribution is -2.38. The molecule has 3 nitrogen and oxygen atoms in total. The van der Waals surface area contributed by atoms with Gasteiger partial charge in [0.05, 0.1) is 0 Å². The number of carbonyl (C=O) groups excluding carboxylic acids is 1. The molecule has 18 heavy (non-hydrogen) atoms. The minimum atomic E-state index is 0.224. The van der Waals surface area contributed by atoms with Crippen LogP contribution < -0.4 is 10.6 Å². The highest BCUT2D eigenvalue weighted by Gasteiger charge is 2.22. The second kappa shape index (κ2) is 8.81. The largest absolute Gasteiger partial charge is 0.354 e. The summed E-state index contributed by atoms with van der Waals surface area (Å²) in [5.41, 5.74) is 0. The molecule has 3 atom stereocenters. The molecule has 1 aliphatic rings. The molecule has 4 heteroatoms. The number of amides is 1. The molecule has 1 aliphatic heterocycles. The molecule has 0 spiro atoms. The highest BCUT2D eigenvalue weighted by molar-refractivity contribution is 7.98. The van der Waals surface area contributed by atoms with Gasteiger partial charge in [0.25, 0.3) is 0 Å². The van der Waals surface area contributed by atoms with Gasteiger partial charge in [0.15, 0.2) is 0 Å². The van der Waals surface area contributed by atoms with E-state index in [1.165, 1.54) is 12.8 Å². The molecule has 106 valence electrons. The predicted octanol–water partition coefficient (Wildman–Crippen LogP) is 2.27. The standard InChI is InChI=1S/C14H28N2OS/c1-11(13-5-4-7-15-10-13)9-14(17)16-12(2)6-8-18-3/h11-13,15H,4-10H2,1-3H3,(H,16,17). The molecule has 0 aromatic heterocycles. The molecular formula is C14H28N2OS. The molecule has 0 bridgehead atoms. The summed E-state index contributed by atoms with van der Waals surface area (Å²) in [6, 6.07) is 0.307. The Bertz CT molecular complexity index is 242. The number of piperidine rings is 1. The quantitative estimate of drug-likeness (QED) is 0.747. The molecule has 0 saturated carbocycles. The predicted molar refractivity (Wildman–Crippen MR) is 80.0 cm³/mol. The highest BCUT2D eigenvalue weighted by Crippen LogP contribution is 2.22. The minimum Gasteiger partial charge on any atom is -0.354 e. The third-order valence-electron chi connectivity index (χ3n) is 3.81. The van der Waals surface area contributed by atoms with Crippen molar-refractivity contribution in [3.63, 3.8) is 0 Å². The van der Waals surface area contributed by atoms with E-state index in [2.05, 4.69) is 30.7 Å². The molecule has 1 heterocycles. The van der Waals surface area contributed by atoms with E-state index in [1.54, 1.807) is 0 Å². The van der Waals surface area contributed by atoms with Gasteiger partial charge in [-0.2, -0.15) is 11.8 Å². The van der Waals surface area contributed by atoms with Crippen molar-refractivity contribution < 1.29 is 4.79 Å². The molecule has 1 fully saturated rings. The summed E-state index contributed by atoms with van der Waals surface area (Å²) in [5, 5.41) is 6.54. The van der Waals surface area contributed by atoms with Crippen molar-refractivity contribution in [2.24, 2.45) is 11.8 Å². The van der Waals surface area contributed by atoms with Gasteiger partial charge < -0.3 is 10.6 Å². The minimum absolute atomic E-state index is 0.224. The third kappa shape index (κ3) is 6.10. The third-order valence-corrected chi connectivity index (χ3v) is 4.45. The summed E-state index contributed by atoms with van der Waals surface area (Å²) < 4.78 is 0. The van der Waals surface area contributed by atoms with Crippen molar-refractivity contribution in [3.05, 3.63) is 0 Å². The Kier molecular flexibility index (Phi) is 7.75. The van der Waals surface area contributed by atoms with Crippen LogP contribution >= 0.6 is 11.8 Å². The molecule has 0 aliphatic carbocycles. The number of nitrogens with one attached hydrogen (secondary N) is 2. The lowest BCUT2D eigenvalue weighted by Gasteiger charge is -2.28. The zero-order valence-electron chi connectivity index (χ0n) is 12.0. The summed E-state index contributed by atoms with van der Waals surface area (Å²) in [5.74, 6) is 2.50. The fourth-order valence-electron chi connectivity index (χ4n) is 2.52. The van der Waals surface area contributed by atoms with Crippen LogP contribution in [0.5, 0.6) is 0 Å². The summed E-state index contributed by atoms with van der Waals surface area (Å²) in [4.78, 5) is 11.9. The first kappa shape index (κ1) is 15.8. The van der Waals surface area contributed by atoms with Crippen LogP contribution in [0.25, 0.3) is 0 Å². The average molecular weight is 272 g/mol. The van der Waals surface area contributed by atoms with Crippen LogP contribution in [0.15, 0.2) is 0 Å². The second-order valence-electron chi connectivity index (χ2n) is 5.54. The van der Waals surface area contributed by atoms with E-state index in [0.717, 1.165) is 25.3 Å². The van der Waals surface area contributed by atoms with Crippen LogP contribution in [0.3, 0.4) is 0 Å². The Balaban J connectivity index is 2.21. The van der Waals surface area contributed by atoms with Crippen LogP contribution in [0, 0.1) is 11.8 Å². The lowest BCUT2D eigenvalue weighted by molar-refractivity contribution is -0.122. The Labute approximate surface area is 116 Å². The van der Waals surface area contributed by atoms with Gasteiger partial charge >= 0.3 is 0 Å². The van der Waals surface area contributed by atoms with Crippen LogP contribution in [0.2, 0.25) is 0 Å². The van der Waals surface area contributed by atoms with Gasteiger partial charge in [-0.15, -0.1) is 0 Å². The molecule has 1 saturated heterocycles. The molecule has 0 aromatic rings. The Morgan fingerprint density at radius 2 is 2.28 bits per heavy atom. The van der Waals surface area contributed by atoms with Crippen LogP contribution in [-0.4, -0.2) is 37.0 Å². The number of carbonyl (C=O) groups is 1. The van der Waals surface area contributed by atoms with Gasteiger partial charge in [-0.05, 0) is 63.1 Å². The fraction of sp³-hybridized carbons (Fsp3) is 0.929. The normalized spacial score (nSPS) is 23.4. The summed E-state index contributed by atoms with van der Waals surface area (Å²) in [6.45, 7) is 6.53. The average Bonchev–Trinajstić information content (AvgIpc) is 2.37. The summed E-state index contributed by atoms with van der Waals surface area (Å²) in [6.07, 6.45) is 6.36. The van der Waals surface area contributed by atoms with Gasteiger partial charge in [0.1, 0.15) is 0 Å². The Morgan fingerprint density at radius 1 is 1.50 bits per heavy atom. The monoisotopic (exact) mass is 272 g/mol. The smallest absolute Gasteiger partial charge is 0.220 e. The highest BCUT2D eigenvalue weighted by atomic mass is 32.2. The first-order chi connectivity index (χ1) is 8.63. The van der Waals surface area contributed by atoms with E-state index < -0.39 is 0 Å². The van der Waals surface area contributed by atoms with Crippen LogP contribution in [0.4, 0.5) is 0 Å². The van der Waals surface area contributed by atoms with E-state index in [1.807, 2.05) is 11.8 Å². The zero-order valence-corrected chi connectivity index (χ0v) is 12.8. The maximum Gasteiger partial charge on any atom is 0.220 e. The van der Waals surface area contributed by atoms with Crippen molar-refractivity contribution in [1.29, 1.82) is 0 Å². The van der Waals surface area contributed by atoms with E-state index in [0.29, 0.717) is 24.3 Å². The summed E-state index contributed by atoms with van der Waals surface area (Å²) >= 11 is 1.83. The van der Waals surface area contributed by atoms with Gasteiger partial charge in [-0.1, -0.05) is 6.92 Å². The zero-order chi connectivity index (χ0) is 13.4. The van der Waals surface area contributed by atoms with Gasteiger partial charge in [-0.25, -0.2) is 0 Å². The van der Waals surface area contributed by atoms with Gasteiger partial charge in [-0.3, -0.25) is 4.79 Å². The van der Waals surface area contributed by atoms with Crippen molar-refractivity contribution in [3.8, 4) is 0 Å². The first-order valence-corrected chi connectivity index (χ1v) is 8.52. The SMILES string of the molecule is CSCCC(C)NC(=O)CC(C)C1CCCNC1. The summed E-state index contributed by atoms with van der Waals surface area (Å²) in [7, 11) is 0. The van der Waals surface area contributed by atoms with Crippen LogP contribution in [-0.2, 0) is 4.79 Å². The maximum absolute atomic E-state index is 11.9. The van der Waals surface area contributed by atoms with E-state index in [9.17, 15) is 4.79 Å². The number of hydrogen-bond acceptors (Lipinski definition) is 3. The topological polar surface area (TPSA) is 41.1 Å². The molecule has 0 aromatic carbocycles. The van der Waals surface area contributed by atoms with Crippen molar-refractivity contribution in [2.45, 2.75) is 45.6 Å².